The monoisotopic (exact) mass is 262 g/mol. The van der Waals surface area contributed by atoms with Gasteiger partial charge < -0.3 is 9.84 Å². The maximum Gasteiger partial charge on any atom is 0.138 e. The molecule has 0 saturated heterocycles. The van der Waals surface area contributed by atoms with Gasteiger partial charge in [-0.2, -0.15) is 0 Å². The summed E-state index contributed by atoms with van der Waals surface area (Å²) in [4.78, 5) is 0. The molecule has 4 heteroatoms. The number of nitrogens with one attached hydrogen (secondary N) is 1. The van der Waals surface area contributed by atoms with E-state index in [0.717, 1.165) is 23.4 Å². The van der Waals surface area contributed by atoms with Crippen molar-refractivity contribution in [3.63, 3.8) is 0 Å². The molecular weight excluding hydrogens is 243 g/mol. The number of hydrogen-bond acceptors (Lipinski definition) is 3. The van der Waals surface area contributed by atoms with Crippen LogP contribution >= 0.6 is 0 Å². The Labute approximate surface area is 112 Å². The van der Waals surface area contributed by atoms with Crippen molar-refractivity contribution in [2.45, 2.75) is 39.8 Å². The second-order valence-electron chi connectivity index (χ2n) is 4.67. The Hall–Kier alpha value is -1.68. The van der Waals surface area contributed by atoms with Gasteiger partial charge in [-0.15, -0.1) is 0 Å². The van der Waals surface area contributed by atoms with Crippen LogP contribution in [0.15, 0.2) is 28.8 Å². The predicted octanol–water partition coefficient (Wildman–Crippen LogP) is 3.67. The van der Waals surface area contributed by atoms with E-state index in [1.807, 2.05) is 32.9 Å². The zero-order valence-corrected chi connectivity index (χ0v) is 11.5. The molecule has 0 bridgehead atoms. The molecule has 0 amide bonds. The quantitative estimate of drug-likeness (QED) is 0.893. The fraction of sp³-hybridized carbons (Fsp3) is 0.400. The molecule has 19 heavy (non-hydrogen) atoms. The lowest BCUT2D eigenvalue weighted by Gasteiger charge is -2.18. The van der Waals surface area contributed by atoms with Crippen LogP contribution in [0.2, 0.25) is 0 Å². The van der Waals surface area contributed by atoms with Gasteiger partial charge in [-0.1, -0.05) is 30.3 Å². The maximum absolute atomic E-state index is 13.8. The zero-order valence-electron chi connectivity index (χ0n) is 11.5. The summed E-state index contributed by atoms with van der Waals surface area (Å²) in [6.07, 6.45) is 0.824. The van der Waals surface area contributed by atoms with Gasteiger partial charge in [0, 0.05) is 23.7 Å². The van der Waals surface area contributed by atoms with Gasteiger partial charge in [0.15, 0.2) is 0 Å². The molecule has 3 nitrogen and oxygen atoms in total. The van der Waals surface area contributed by atoms with E-state index in [2.05, 4.69) is 10.5 Å². The van der Waals surface area contributed by atoms with Gasteiger partial charge in [-0.05, 0) is 26.3 Å². The third kappa shape index (κ3) is 3.01. The predicted molar refractivity (Wildman–Crippen MR) is 72.2 cm³/mol. The van der Waals surface area contributed by atoms with Crippen molar-refractivity contribution in [1.29, 1.82) is 0 Å². The van der Waals surface area contributed by atoms with E-state index in [4.69, 9.17) is 4.52 Å². The van der Waals surface area contributed by atoms with E-state index >= 15 is 0 Å². The number of halogens is 1. The minimum Gasteiger partial charge on any atom is -0.361 e. The Morgan fingerprint density at radius 3 is 2.63 bits per heavy atom. The van der Waals surface area contributed by atoms with E-state index in [0.29, 0.717) is 12.1 Å². The number of nitrogens with zero attached hydrogens (tertiary/aromatic N) is 1. The smallest absolute Gasteiger partial charge is 0.138 e. The van der Waals surface area contributed by atoms with Crippen LogP contribution in [0.3, 0.4) is 0 Å². The third-order valence-corrected chi connectivity index (χ3v) is 3.40. The molecule has 1 aromatic carbocycles. The van der Waals surface area contributed by atoms with Crippen molar-refractivity contribution >= 4 is 0 Å². The van der Waals surface area contributed by atoms with Crippen LogP contribution in [-0.2, 0) is 6.54 Å². The van der Waals surface area contributed by atoms with Gasteiger partial charge in [0.05, 0.1) is 5.69 Å². The van der Waals surface area contributed by atoms with E-state index in [1.54, 1.807) is 6.07 Å². The molecule has 2 aromatic rings. The van der Waals surface area contributed by atoms with Crippen molar-refractivity contribution in [2.24, 2.45) is 0 Å². The Morgan fingerprint density at radius 2 is 2.05 bits per heavy atom. The number of aryl methyl sites for hydroxylation is 2. The second kappa shape index (κ2) is 5.97. The Balaban J connectivity index is 2.11. The summed E-state index contributed by atoms with van der Waals surface area (Å²) >= 11 is 0. The zero-order chi connectivity index (χ0) is 13.8. The normalized spacial score (nSPS) is 12.6. The third-order valence-electron chi connectivity index (χ3n) is 3.40. The summed E-state index contributed by atoms with van der Waals surface area (Å²) in [7, 11) is 0. The summed E-state index contributed by atoms with van der Waals surface area (Å²) in [5, 5.41) is 7.29. The first-order chi connectivity index (χ1) is 9.13. The Morgan fingerprint density at radius 1 is 1.32 bits per heavy atom. The molecule has 1 heterocycles. The van der Waals surface area contributed by atoms with Crippen LogP contribution in [-0.4, -0.2) is 5.16 Å². The topological polar surface area (TPSA) is 38.1 Å². The molecule has 2 rings (SSSR count). The second-order valence-corrected chi connectivity index (χ2v) is 4.67. The lowest BCUT2D eigenvalue weighted by Crippen LogP contribution is -2.21. The molecule has 0 spiro atoms. The lowest BCUT2D eigenvalue weighted by atomic mass is 10.0. The van der Waals surface area contributed by atoms with Crippen molar-refractivity contribution in [3.05, 3.63) is 52.7 Å². The largest absolute Gasteiger partial charge is 0.361 e. The van der Waals surface area contributed by atoms with E-state index < -0.39 is 0 Å². The minimum atomic E-state index is -0.166. The molecular formula is C15H19FN2O. The molecule has 1 N–H and O–H groups in total. The molecule has 0 radical (unpaired) electrons. The first-order valence-electron chi connectivity index (χ1n) is 6.53. The highest BCUT2D eigenvalue weighted by Gasteiger charge is 2.15. The SMILES string of the molecule is CCC(NCc1c(C)noc1C)c1ccccc1F. The van der Waals surface area contributed by atoms with Crippen LogP contribution in [0.1, 0.15) is 42.0 Å². The highest BCUT2D eigenvalue weighted by Crippen LogP contribution is 2.21. The molecule has 1 aromatic heterocycles. The van der Waals surface area contributed by atoms with Crippen LogP contribution in [0.5, 0.6) is 0 Å². The number of aromatic nitrogens is 1. The number of hydrogen-bond donors (Lipinski definition) is 1. The molecule has 0 aliphatic rings. The fourth-order valence-electron chi connectivity index (χ4n) is 2.21. The summed E-state index contributed by atoms with van der Waals surface area (Å²) in [6.45, 7) is 6.48. The number of rotatable bonds is 5. The van der Waals surface area contributed by atoms with Crippen LogP contribution in [0.25, 0.3) is 0 Å². The van der Waals surface area contributed by atoms with Crippen molar-refractivity contribution in [2.75, 3.05) is 0 Å². The van der Waals surface area contributed by atoms with E-state index in [-0.39, 0.29) is 11.9 Å². The standard InChI is InChI=1S/C15H19FN2O/c1-4-15(12-7-5-6-8-14(12)16)17-9-13-10(2)18-19-11(13)3/h5-8,15,17H,4,9H2,1-3H3. The van der Waals surface area contributed by atoms with Gasteiger partial charge >= 0.3 is 0 Å². The van der Waals surface area contributed by atoms with Crippen LogP contribution in [0.4, 0.5) is 4.39 Å². The summed E-state index contributed by atoms with van der Waals surface area (Å²) in [5.74, 6) is 0.647. The fourth-order valence-corrected chi connectivity index (χ4v) is 2.21. The van der Waals surface area contributed by atoms with Gasteiger partial charge in [-0.25, -0.2) is 4.39 Å². The first-order valence-corrected chi connectivity index (χ1v) is 6.53. The molecule has 1 unspecified atom stereocenters. The molecule has 102 valence electrons. The lowest BCUT2D eigenvalue weighted by molar-refractivity contribution is 0.391. The van der Waals surface area contributed by atoms with Gasteiger partial charge in [0.25, 0.3) is 0 Å². The van der Waals surface area contributed by atoms with Crippen LogP contribution in [0, 0.1) is 19.7 Å². The summed E-state index contributed by atoms with van der Waals surface area (Å²) in [6, 6.07) is 6.88. The molecule has 0 aliphatic carbocycles. The molecule has 0 saturated carbocycles. The van der Waals surface area contributed by atoms with Crippen molar-refractivity contribution in [3.8, 4) is 0 Å². The Bertz CT molecular complexity index is 531. The van der Waals surface area contributed by atoms with Crippen molar-refractivity contribution in [1.82, 2.24) is 10.5 Å². The average Bonchev–Trinajstić information content (AvgIpc) is 2.72. The van der Waals surface area contributed by atoms with Crippen molar-refractivity contribution < 1.29 is 8.91 Å². The average molecular weight is 262 g/mol. The summed E-state index contributed by atoms with van der Waals surface area (Å²) < 4.78 is 18.9. The molecule has 0 aliphatic heterocycles. The van der Waals surface area contributed by atoms with E-state index in [1.165, 1.54) is 6.07 Å². The molecule has 1 atom stereocenters. The van der Waals surface area contributed by atoms with Gasteiger partial charge in [-0.3, -0.25) is 0 Å². The first kappa shape index (κ1) is 13.7. The van der Waals surface area contributed by atoms with Gasteiger partial charge in [0.2, 0.25) is 0 Å². The highest BCUT2D eigenvalue weighted by atomic mass is 19.1. The minimum absolute atomic E-state index is 0.00472. The summed E-state index contributed by atoms with van der Waals surface area (Å²) in [5.41, 5.74) is 2.64. The number of benzene rings is 1. The molecule has 0 fully saturated rings. The van der Waals surface area contributed by atoms with E-state index in [9.17, 15) is 4.39 Å². The maximum atomic E-state index is 13.8. The highest BCUT2D eigenvalue weighted by molar-refractivity contribution is 5.23. The van der Waals surface area contributed by atoms with Gasteiger partial charge in [0.1, 0.15) is 11.6 Å². The Kier molecular flexibility index (Phi) is 4.32. The van der Waals surface area contributed by atoms with Crippen LogP contribution < -0.4 is 5.32 Å².